The normalized spacial score (nSPS) is 10.4. The van der Waals surface area contributed by atoms with Gasteiger partial charge in [0.1, 0.15) is 16.7 Å². The smallest absolute Gasteiger partial charge is 0.381 e. The number of aromatic nitrogens is 4. The highest BCUT2D eigenvalue weighted by Gasteiger charge is 2.26. The Kier molecular flexibility index (Phi) is 12.2. The zero-order valence-corrected chi connectivity index (χ0v) is 19.9. The number of rotatable bonds is 3. The monoisotopic (exact) mass is 612 g/mol. The van der Waals surface area contributed by atoms with Crippen molar-refractivity contribution in [3.8, 4) is 6.07 Å². The molecular weight excluding hydrogens is 607 g/mol. The number of carbonyl (C=O) groups is 2. The minimum atomic E-state index is -3.57. The van der Waals surface area contributed by atoms with E-state index in [0.29, 0.717) is 0 Å². The Hall–Kier alpha value is -3.62. The van der Waals surface area contributed by atoms with E-state index in [2.05, 4.69) is 24.7 Å². The molecule has 0 aromatic carbocycles. The van der Waals surface area contributed by atoms with Crippen LogP contribution in [0.4, 0.5) is 40.8 Å². The molecule has 20 heteroatoms. The van der Waals surface area contributed by atoms with Crippen LogP contribution in [0.15, 0.2) is 12.4 Å². The van der Waals surface area contributed by atoms with Crippen molar-refractivity contribution in [2.45, 2.75) is 19.3 Å². The van der Waals surface area contributed by atoms with Gasteiger partial charge in [-0.25, -0.2) is 47.1 Å². The Morgan fingerprint density at radius 2 is 1.37 bits per heavy atom. The van der Waals surface area contributed by atoms with E-state index in [9.17, 15) is 44.7 Å². The van der Waals surface area contributed by atoms with Gasteiger partial charge in [-0.3, -0.25) is 0 Å². The number of ether oxygens (including phenoxy) is 1. The molecule has 0 amide bonds. The SMILES string of the molecule is Fc1c(Cl)ncc2c(Cl)nc(C(F)F)nc12.N#Cc1cnc(Cl)c(F)c1N.O=C(OC(=O)C(F)F)C(F)F. The van der Waals surface area contributed by atoms with Gasteiger partial charge in [0.05, 0.1) is 16.6 Å². The van der Waals surface area contributed by atoms with Crippen LogP contribution in [-0.2, 0) is 14.3 Å². The van der Waals surface area contributed by atoms with Gasteiger partial charge in [-0.1, -0.05) is 34.8 Å². The van der Waals surface area contributed by atoms with Crippen LogP contribution in [0.2, 0.25) is 15.5 Å². The number of nitriles is 1. The van der Waals surface area contributed by atoms with Crippen molar-refractivity contribution in [2.24, 2.45) is 0 Å². The van der Waals surface area contributed by atoms with Gasteiger partial charge >= 0.3 is 24.8 Å². The number of alkyl halides is 6. The Bertz CT molecular complexity index is 1360. The summed E-state index contributed by atoms with van der Waals surface area (Å²) in [4.78, 5) is 33.0. The van der Waals surface area contributed by atoms with Gasteiger partial charge in [-0.05, 0) is 0 Å². The largest absolute Gasteiger partial charge is 0.395 e. The van der Waals surface area contributed by atoms with E-state index in [4.69, 9.17) is 45.8 Å². The molecule has 3 aromatic rings. The lowest BCUT2D eigenvalue weighted by molar-refractivity contribution is -0.174. The third-order valence-corrected chi connectivity index (χ3v) is 4.32. The molecule has 0 spiro atoms. The number of nitrogen functional groups attached to an aromatic ring is 1. The van der Waals surface area contributed by atoms with E-state index in [1.54, 1.807) is 6.07 Å². The molecule has 0 aliphatic heterocycles. The molecule has 0 atom stereocenters. The molecule has 0 bridgehead atoms. The summed E-state index contributed by atoms with van der Waals surface area (Å²) in [6.45, 7) is 0. The second kappa shape index (κ2) is 14.4. The highest BCUT2D eigenvalue weighted by atomic mass is 35.5. The Morgan fingerprint density at radius 1 is 0.868 bits per heavy atom. The number of hydrogen-bond acceptors (Lipinski definition) is 9. The maximum Gasteiger partial charge on any atom is 0.381 e. The first-order valence-corrected chi connectivity index (χ1v) is 10.0. The number of carbonyl (C=O) groups excluding carboxylic acids is 2. The minimum Gasteiger partial charge on any atom is -0.395 e. The summed E-state index contributed by atoms with van der Waals surface area (Å²) in [5, 5.41) is 7.33. The molecule has 9 nitrogen and oxygen atoms in total. The molecule has 0 radical (unpaired) electrons. The first kappa shape index (κ1) is 32.4. The van der Waals surface area contributed by atoms with E-state index in [-0.39, 0.29) is 32.5 Å². The minimum absolute atomic E-state index is 0.00750. The molecule has 0 saturated heterocycles. The molecule has 0 aliphatic rings. The number of nitrogens with two attached hydrogens (primary N) is 1. The highest BCUT2D eigenvalue weighted by Crippen LogP contribution is 2.27. The predicted octanol–water partition coefficient (Wildman–Crippen LogP) is 5.32. The number of fused-ring (bicyclic) bond motifs is 1. The van der Waals surface area contributed by atoms with Crippen LogP contribution in [0.1, 0.15) is 17.8 Å². The quantitative estimate of drug-likeness (QED) is 0.136. The summed E-state index contributed by atoms with van der Waals surface area (Å²) in [6.07, 6.45) is -7.83. The van der Waals surface area contributed by atoms with Crippen LogP contribution in [0.5, 0.6) is 0 Å². The van der Waals surface area contributed by atoms with Crippen molar-refractivity contribution in [3.63, 3.8) is 0 Å². The second-order valence-electron chi connectivity index (χ2n) is 5.94. The maximum atomic E-state index is 13.4. The summed E-state index contributed by atoms with van der Waals surface area (Å²) in [6, 6.07) is 1.68. The third kappa shape index (κ3) is 8.75. The number of anilines is 1. The lowest BCUT2D eigenvalue weighted by atomic mass is 10.2. The van der Waals surface area contributed by atoms with Gasteiger partial charge in [0.2, 0.25) is 0 Å². The fraction of sp³-hybridized carbons (Fsp3) is 0.167. The summed E-state index contributed by atoms with van der Waals surface area (Å²) in [7, 11) is 0. The molecule has 3 rings (SSSR count). The molecule has 0 saturated carbocycles. The van der Waals surface area contributed by atoms with Crippen LogP contribution in [-0.4, -0.2) is 44.7 Å². The molecule has 3 heterocycles. The van der Waals surface area contributed by atoms with E-state index >= 15 is 0 Å². The van der Waals surface area contributed by atoms with Crippen molar-refractivity contribution in [1.29, 1.82) is 5.26 Å². The maximum absolute atomic E-state index is 13.4. The second-order valence-corrected chi connectivity index (χ2v) is 7.02. The highest BCUT2D eigenvalue weighted by molar-refractivity contribution is 6.34. The van der Waals surface area contributed by atoms with E-state index in [0.717, 1.165) is 12.4 Å². The van der Waals surface area contributed by atoms with Crippen LogP contribution < -0.4 is 5.73 Å². The molecule has 0 aliphatic carbocycles. The lowest BCUT2D eigenvalue weighted by Gasteiger charge is -2.04. The summed E-state index contributed by atoms with van der Waals surface area (Å²) < 4.78 is 98.6. The Balaban J connectivity index is 0.000000295. The predicted molar refractivity (Wildman–Crippen MR) is 114 cm³/mol. The van der Waals surface area contributed by atoms with Gasteiger partial charge in [-0.15, -0.1) is 0 Å². The summed E-state index contributed by atoms with van der Waals surface area (Å²) in [5.41, 5.74) is 4.54. The number of hydrogen-bond donors (Lipinski definition) is 1. The molecule has 0 unspecified atom stereocenters. The van der Waals surface area contributed by atoms with Crippen molar-refractivity contribution in [3.05, 3.63) is 50.9 Å². The molecular formula is C18H7Cl3F8N6O3. The number of halogens is 11. The van der Waals surface area contributed by atoms with Gasteiger partial charge in [0, 0.05) is 12.4 Å². The fourth-order valence-electron chi connectivity index (χ4n) is 1.87. The van der Waals surface area contributed by atoms with E-state index in [1.165, 1.54) is 0 Å². The molecule has 3 aromatic heterocycles. The van der Waals surface area contributed by atoms with Crippen LogP contribution in [0.25, 0.3) is 10.9 Å². The zero-order valence-electron chi connectivity index (χ0n) is 17.6. The zero-order chi connectivity index (χ0) is 29.3. The average molecular weight is 614 g/mol. The van der Waals surface area contributed by atoms with E-state index in [1.807, 2.05) is 0 Å². The number of nitrogens with zero attached hydrogens (tertiary/aromatic N) is 5. The van der Waals surface area contributed by atoms with Crippen molar-refractivity contribution in [2.75, 3.05) is 5.73 Å². The number of esters is 2. The first-order chi connectivity index (χ1) is 17.6. The van der Waals surface area contributed by atoms with E-state index < -0.39 is 53.8 Å². The number of pyridine rings is 2. The Labute approximate surface area is 220 Å². The van der Waals surface area contributed by atoms with Gasteiger partial charge in [-0.2, -0.15) is 22.8 Å². The van der Waals surface area contributed by atoms with Crippen molar-refractivity contribution in [1.82, 2.24) is 19.9 Å². The summed E-state index contributed by atoms with van der Waals surface area (Å²) in [5.74, 6) is -7.22. The van der Waals surface area contributed by atoms with Crippen molar-refractivity contribution < 1.29 is 49.4 Å². The van der Waals surface area contributed by atoms with Gasteiger partial charge in [0.15, 0.2) is 27.8 Å². The standard InChI is InChI=1S/C8H2Cl2F3N3.C6H3ClFN3.C4H2F4O3/c9-5-2-1-14-6(10)3(11)4(2)15-8(16-5)7(12)13;7-6-4(8)5(10)3(1-9)2-11-6;5-1(6)3(9)11-4(10)2(7)8/h1,7H;2H,(H2,10,11);1-2H. The summed E-state index contributed by atoms with van der Waals surface area (Å²) >= 11 is 16.3. The molecule has 2 N–H and O–H groups in total. The van der Waals surface area contributed by atoms with Crippen LogP contribution in [0.3, 0.4) is 0 Å². The molecule has 38 heavy (non-hydrogen) atoms. The van der Waals surface area contributed by atoms with Crippen LogP contribution >= 0.6 is 34.8 Å². The fourth-order valence-corrected chi connectivity index (χ4v) is 2.38. The van der Waals surface area contributed by atoms with Crippen molar-refractivity contribution >= 4 is 63.3 Å². The average Bonchev–Trinajstić information content (AvgIpc) is 2.85. The van der Waals surface area contributed by atoms with Crippen LogP contribution in [0, 0.1) is 23.0 Å². The third-order valence-electron chi connectivity index (χ3n) is 3.50. The topological polar surface area (TPSA) is 145 Å². The lowest BCUT2D eigenvalue weighted by Crippen LogP contribution is -2.23. The first-order valence-electron chi connectivity index (χ1n) is 8.88. The van der Waals surface area contributed by atoms with Gasteiger partial charge in [0.25, 0.3) is 6.43 Å². The van der Waals surface area contributed by atoms with Gasteiger partial charge < -0.3 is 10.5 Å². The molecule has 204 valence electrons. The molecule has 0 fully saturated rings. The Morgan fingerprint density at radius 3 is 1.84 bits per heavy atom.